The van der Waals surface area contributed by atoms with Crippen molar-refractivity contribution < 1.29 is 4.39 Å². The van der Waals surface area contributed by atoms with Crippen LogP contribution in [0.3, 0.4) is 0 Å². The quantitative estimate of drug-likeness (QED) is 0.483. The predicted octanol–water partition coefficient (Wildman–Crippen LogP) is 2.60. The fourth-order valence-corrected chi connectivity index (χ4v) is 0.998. The van der Waals surface area contributed by atoms with E-state index in [2.05, 4.69) is 4.98 Å². The Labute approximate surface area is 67.6 Å². The summed E-state index contributed by atoms with van der Waals surface area (Å²) in [5.74, 6) is -0.464. The molecule has 0 bridgehead atoms. The molecule has 0 spiro atoms. The molecule has 0 aromatic carbocycles. The molecule has 0 radical (unpaired) electrons. The average molecular weight is 178 g/mol. The van der Waals surface area contributed by atoms with Crippen LogP contribution in [0.25, 0.3) is 0 Å². The minimum Gasteiger partial charge on any atom is -0.240 e. The SMILES string of the molecule is CSc1cnc(Cl)c(F)c1. The van der Waals surface area contributed by atoms with Gasteiger partial charge < -0.3 is 0 Å². The number of aromatic nitrogens is 1. The zero-order chi connectivity index (χ0) is 7.56. The highest BCUT2D eigenvalue weighted by Crippen LogP contribution is 2.18. The Balaban J connectivity index is 3.04. The molecule has 0 fully saturated rings. The van der Waals surface area contributed by atoms with Crippen LogP contribution >= 0.6 is 23.4 Å². The van der Waals surface area contributed by atoms with E-state index >= 15 is 0 Å². The third kappa shape index (κ3) is 1.61. The first-order valence-corrected chi connectivity index (χ1v) is 4.19. The van der Waals surface area contributed by atoms with Crippen LogP contribution in [-0.4, -0.2) is 11.2 Å². The number of pyridine rings is 1. The minimum atomic E-state index is -0.464. The Kier molecular flexibility index (Phi) is 2.51. The third-order valence-corrected chi connectivity index (χ3v) is 1.98. The lowest BCUT2D eigenvalue weighted by molar-refractivity contribution is 0.617. The van der Waals surface area contributed by atoms with Crippen LogP contribution in [0, 0.1) is 5.82 Å². The van der Waals surface area contributed by atoms with Gasteiger partial charge in [0.15, 0.2) is 11.0 Å². The molecule has 0 amide bonds. The van der Waals surface area contributed by atoms with Crippen LogP contribution in [0.1, 0.15) is 0 Å². The van der Waals surface area contributed by atoms with Crippen LogP contribution in [0.15, 0.2) is 17.2 Å². The predicted molar refractivity (Wildman–Crippen MR) is 41.0 cm³/mol. The van der Waals surface area contributed by atoms with Crippen molar-refractivity contribution in [1.29, 1.82) is 0 Å². The van der Waals surface area contributed by atoms with Gasteiger partial charge in [0.25, 0.3) is 0 Å². The van der Waals surface area contributed by atoms with Gasteiger partial charge in [0.2, 0.25) is 0 Å². The molecule has 0 saturated heterocycles. The van der Waals surface area contributed by atoms with E-state index < -0.39 is 5.82 Å². The Bertz CT molecular complexity index is 241. The van der Waals surface area contributed by atoms with Crippen molar-refractivity contribution in [3.05, 3.63) is 23.2 Å². The zero-order valence-corrected chi connectivity index (χ0v) is 6.84. The summed E-state index contributed by atoms with van der Waals surface area (Å²) < 4.78 is 12.6. The fourth-order valence-electron chi connectivity index (χ4n) is 0.515. The molecule has 1 rings (SSSR count). The van der Waals surface area contributed by atoms with Crippen molar-refractivity contribution in [1.82, 2.24) is 4.98 Å². The second-order valence-corrected chi connectivity index (χ2v) is 2.89. The Morgan fingerprint density at radius 1 is 1.70 bits per heavy atom. The lowest BCUT2D eigenvalue weighted by atomic mass is 10.5. The lowest BCUT2D eigenvalue weighted by Crippen LogP contribution is -1.82. The summed E-state index contributed by atoms with van der Waals surface area (Å²) in [5, 5.41) is -0.0715. The van der Waals surface area contributed by atoms with Gasteiger partial charge in [0.05, 0.1) is 0 Å². The summed E-state index contributed by atoms with van der Waals surface area (Å²) in [5.41, 5.74) is 0. The van der Waals surface area contributed by atoms with Crippen LogP contribution in [0.2, 0.25) is 5.15 Å². The zero-order valence-electron chi connectivity index (χ0n) is 5.27. The highest BCUT2D eigenvalue weighted by atomic mass is 35.5. The highest BCUT2D eigenvalue weighted by molar-refractivity contribution is 7.98. The molecule has 1 aromatic heterocycles. The number of halogens is 2. The van der Waals surface area contributed by atoms with Gasteiger partial charge in [-0.2, -0.15) is 0 Å². The number of hydrogen-bond acceptors (Lipinski definition) is 2. The monoisotopic (exact) mass is 177 g/mol. The molecule has 1 heterocycles. The highest BCUT2D eigenvalue weighted by Gasteiger charge is 1.99. The number of rotatable bonds is 1. The van der Waals surface area contributed by atoms with E-state index in [-0.39, 0.29) is 5.15 Å². The van der Waals surface area contributed by atoms with Crippen molar-refractivity contribution in [3.63, 3.8) is 0 Å². The average Bonchev–Trinajstić information content (AvgIpc) is 1.95. The van der Waals surface area contributed by atoms with Crippen molar-refractivity contribution in [3.8, 4) is 0 Å². The summed E-state index contributed by atoms with van der Waals surface area (Å²) >= 11 is 6.77. The summed E-state index contributed by atoms with van der Waals surface area (Å²) in [4.78, 5) is 4.40. The fraction of sp³-hybridized carbons (Fsp3) is 0.167. The molecule has 0 aliphatic rings. The molecule has 54 valence electrons. The first kappa shape index (κ1) is 7.82. The Morgan fingerprint density at radius 2 is 2.40 bits per heavy atom. The lowest BCUT2D eigenvalue weighted by Gasteiger charge is -1.95. The van der Waals surface area contributed by atoms with E-state index in [4.69, 9.17) is 11.6 Å². The van der Waals surface area contributed by atoms with Crippen LogP contribution in [0.5, 0.6) is 0 Å². The van der Waals surface area contributed by atoms with Gasteiger partial charge in [-0.3, -0.25) is 0 Å². The van der Waals surface area contributed by atoms with E-state index in [0.717, 1.165) is 4.90 Å². The van der Waals surface area contributed by atoms with E-state index in [1.54, 1.807) is 0 Å². The molecule has 4 heteroatoms. The number of hydrogen-bond donors (Lipinski definition) is 0. The topological polar surface area (TPSA) is 12.9 Å². The molecular weight excluding hydrogens is 173 g/mol. The normalized spacial score (nSPS) is 9.90. The molecule has 0 atom stereocenters. The van der Waals surface area contributed by atoms with Crippen molar-refractivity contribution in [2.45, 2.75) is 4.90 Å². The van der Waals surface area contributed by atoms with Gasteiger partial charge in [-0.15, -0.1) is 11.8 Å². The van der Waals surface area contributed by atoms with Crippen LogP contribution in [-0.2, 0) is 0 Å². The standard InChI is InChI=1S/C6H5ClFNS/c1-10-4-2-5(8)6(7)9-3-4/h2-3H,1H3. The summed E-state index contributed by atoms with van der Waals surface area (Å²) in [6.07, 6.45) is 3.39. The molecule has 0 N–H and O–H groups in total. The number of nitrogens with zero attached hydrogens (tertiary/aromatic N) is 1. The molecule has 0 saturated carbocycles. The summed E-state index contributed by atoms with van der Waals surface area (Å²) in [6, 6.07) is 1.36. The maximum absolute atomic E-state index is 12.6. The van der Waals surface area contributed by atoms with Gasteiger partial charge in [-0.05, 0) is 12.3 Å². The Hall–Kier alpha value is -0.280. The maximum atomic E-state index is 12.6. The minimum absolute atomic E-state index is 0.0715. The van der Waals surface area contributed by atoms with Gasteiger partial charge in [0, 0.05) is 11.1 Å². The van der Waals surface area contributed by atoms with E-state index in [9.17, 15) is 4.39 Å². The van der Waals surface area contributed by atoms with Gasteiger partial charge >= 0.3 is 0 Å². The van der Waals surface area contributed by atoms with Gasteiger partial charge in [-0.1, -0.05) is 11.6 Å². The van der Waals surface area contributed by atoms with E-state index in [0.29, 0.717) is 0 Å². The van der Waals surface area contributed by atoms with Crippen molar-refractivity contribution >= 4 is 23.4 Å². The van der Waals surface area contributed by atoms with Crippen LogP contribution in [0.4, 0.5) is 4.39 Å². The second-order valence-electron chi connectivity index (χ2n) is 1.65. The van der Waals surface area contributed by atoms with Gasteiger partial charge in [0.1, 0.15) is 0 Å². The smallest absolute Gasteiger partial charge is 0.164 e. The van der Waals surface area contributed by atoms with Crippen molar-refractivity contribution in [2.75, 3.05) is 6.26 Å². The third-order valence-electron chi connectivity index (χ3n) is 1.01. The molecule has 1 aromatic rings. The van der Waals surface area contributed by atoms with E-state index in [1.165, 1.54) is 24.0 Å². The molecule has 0 aliphatic heterocycles. The largest absolute Gasteiger partial charge is 0.240 e. The molecule has 1 nitrogen and oxygen atoms in total. The van der Waals surface area contributed by atoms with E-state index in [1.807, 2.05) is 6.26 Å². The molecule has 10 heavy (non-hydrogen) atoms. The van der Waals surface area contributed by atoms with Gasteiger partial charge in [-0.25, -0.2) is 9.37 Å². The second kappa shape index (κ2) is 3.21. The molecule has 0 aliphatic carbocycles. The first-order valence-electron chi connectivity index (χ1n) is 2.59. The first-order chi connectivity index (χ1) is 4.74. The van der Waals surface area contributed by atoms with Crippen LogP contribution < -0.4 is 0 Å². The maximum Gasteiger partial charge on any atom is 0.164 e. The van der Waals surface area contributed by atoms with Crippen molar-refractivity contribution in [2.24, 2.45) is 0 Å². The summed E-state index contributed by atoms with van der Waals surface area (Å²) in [6.45, 7) is 0. The molecule has 0 unspecified atom stereocenters. The number of thioether (sulfide) groups is 1. The summed E-state index contributed by atoms with van der Waals surface area (Å²) in [7, 11) is 0. The molecular formula is C6H5ClFNS. The Morgan fingerprint density at radius 3 is 2.90 bits per heavy atom.